The van der Waals surface area contributed by atoms with E-state index in [-0.39, 0.29) is 5.91 Å². The van der Waals surface area contributed by atoms with Gasteiger partial charge in [-0.15, -0.1) is 11.8 Å². The molecule has 1 heterocycles. The summed E-state index contributed by atoms with van der Waals surface area (Å²) in [4.78, 5) is 14.7. The third kappa shape index (κ3) is 4.41. The van der Waals surface area contributed by atoms with Gasteiger partial charge in [-0.25, -0.2) is 0 Å². The molecular formula is C15H18N2O2S2. The van der Waals surface area contributed by atoms with Gasteiger partial charge >= 0.3 is 0 Å². The van der Waals surface area contributed by atoms with Crippen molar-refractivity contribution in [3.8, 4) is 5.75 Å². The highest BCUT2D eigenvalue weighted by Crippen LogP contribution is 2.29. The number of hydrogen-bond acceptors (Lipinski definition) is 5. The van der Waals surface area contributed by atoms with Crippen LogP contribution in [0.25, 0.3) is 0 Å². The number of thioether (sulfide) groups is 1. The van der Waals surface area contributed by atoms with Gasteiger partial charge in [-0.05, 0) is 40.6 Å². The molecule has 2 rings (SSSR count). The number of carbonyl (C=O) groups excluding carboxylic acids is 1. The Hall–Kier alpha value is -1.66. The zero-order chi connectivity index (χ0) is 15.2. The quantitative estimate of drug-likeness (QED) is 0.656. The van der Waals surface area contributed by atoms with Gasteiger partial charge in [0.25, 0.3) is 0 Å². The van der Waals surface area contributed by atoms with Crippen molar-refractivity contribution in [1.29, 1.82) is 0 Å². The Balaban J connectivity index is 1.91. The van der Waals surface area contributed by atoms with E-state index < -0.39 is 0 Å². The van der Waals surface area contributed by atoms with Crippen LogP contribution >= 0.6 is 23.1 Å². The molecule has 21 heavy (non-hydrogen) atoms. The molecule has 0 aliphatic heterocycles. The maximum atomic E-state index is 12.1. The molecule has 6 heteroatoms. The number of thiophene rings is 1. The zero-order valence-electron chi connectivity index (χ0n) is 12.0. The number of anilines is 1. The van der Waals surface area contributed by atoms with Crippen molar-refractivity contribution in [2.24, 2.45) is 0 Å². The highest BCUT2D eigenvalue weighted by molar-refractivity contribution is 8.00. The molecule has 2 aromatic rings. The number of nitrogen functional groups attached to an aromatic ring is 1. The van der Waals surface area contributed by atoms with E-state index in [0.29, 0.717) is 18.0 Å². The number of nitrogens with zero attached hydrogens (tertiary/aromatic N) is 1. The van der Waals surface area contributed by atoms with Gasteiger partial charge in [0.15, 0.2) is 0 Å². The molecule has 1 aromatic heterocycles. The minimum Gasteiger partial charge on any atom is -0.497 e. The predicted octanol–water partition coefficient (Wildman–Crippen LogP) is 3.09. The summed E-state index contributed by atoms with van der Waals surface area (Å²) in [5.41, 5.74) is 7.73. The van der Waals surface area contributed by atoms with E-state index in [2.05, 4.69) is 5.38 Å². The lowest BCUT2D eigenvalue weighted by molar-refractivity contribution is -0.127. The van der Waals surface area contributed by atoms with Crippen molar-refractivity contribution in [1.82, 2.24) is 4.90 Å². The van der Waals surface area contributed by atoms with Crippen LogP contribution in [0.15, 0.2) is 39.9 Å². The van der Waals surface area contributed by atoms with Crippen molar-refractivity contribution in [2.45, 2.75) is 11.4 Å². The summed E-state index contributed by atoms with van der Waals surface area (Å²) < 4.78 is 5.17. The van der Waals surface area contributed by atoms with Gasteiger partial charge in [-0.3, -0.25) is 4.79 Å². The topological polar surface area (TPSA) is 55.6 Å². The van der Waals surface area contributed by atoms with Crippen LogP contribution in [-0.4, -0.2) is 30.7 Å². The van der Waals surface area contributed by atoms with Crippen LogP contribution in [0.2, 0.25) is 0 Å². The van der Waals surface area contributed by atoms with Crippen LogP contribution in [0.3, 0.4) is 0 Å². The van der Waals surface area contributed by atoms with Crippen LogP contribution in [0, 0.1) is 0 Å². The first-order valence-corrected chi connectivity index (χ1v) is 8.34. The number of methoxy groups -OCH3 is 1. The van der Waals surface area contributed by atoms with Gasteiger partial charge in [-0.1, -0.05) is 0 Å². The van der Waals surface area contributed by atoms with Crippen molar-refractivity contribution in [2.75, 3.05) is 25.6 Å². The van der Waals surface area contributed by atoms with Gasteiger partial charge in [0.1, 0.15) is 5.75 Å². The molecule has 0 fully saturated rings. The fraction of sp³-hybridized carbons (Fsp3) is 0.267. The summed E-state index contributed by atoms with van der Waals surface area (Å²) >= 11 is 3.07. The van der Waals surface area contributed by atoms with Crippen LogP contribution in [0.1, 0.15) is 5.56 Å². The predicted molar refractivity (Wildman–Crippen MR) is 88.9 cm³/mol. The molecule has 0 aliphatic rings. The maximum Gasteiger partial charge on any atom is 0.232 e. The number of hydrogen-bond donors (Lipinski definition) is 1. The summed E-state index contributed by atoms with van der Waals surface area (Å²) in [7, 11) is 3.43. The van der Waals surface area contributed by atoms with Crippen molar-refractivity contribution in [3.05, 3.63) is 40.6 Å². The summed E-state index contributed by atoms with van der Waals surface area (Å²) in [5, 5.41) is 4.07. The number of amides is 1. The zero-order valence-corrected chi connectivity index (χ0v) is 13.7. The third-order valence-corrected chi connectivity index (χ3v) is 4.79. The molecule has 2 N–H and O–H groups in total. The van der Waals surface area contributed by atoms with E-state index in [4.69, 9.17) is 10.5 Å². The maximum absolute atomic E-state index is 12.1. The molecule has 0 saturated carbocycles. The lowest BCUT2D eigenvalue weighted by Gasteiger charge is -2.16. The Kier molecular flexibility index (Phi) is 5.52. The van der Waals surface area contributed by atoms with Gasteiger partial charge in [0, 0.05) is 24.2 Å². The Morgan fingerprint density at radius 3 is 2.90 bits per heavy atom. The normalized spacial score (nSPS) is 10.4. The molecule has 1 aromatic carbocycles. The van der Waals surface area contributed by atoms with Crippen molar-refractivity contribution >= 4 is 34.7 Å². The fourth-order valence-electron chi connectivity index (χ4n) is 1.76. The minimum absolute atomic E-state index is 0.0772. The molecule has 0 atom stereocenters. The second-order valence-corrected chi connectivity index (χ2v) is 6.37. The largest absolute Gasteiger partial charge is 0.497 e. The SMILES string of the molecule is COc1ccc(N)c(SCC(=O)N(C)Cc2ccsc2)c1. The number of carbonyl (C=O) groups is 1. The molecule has 0 radical (unpaired) electrons. The smallest absolute Gasteiger partial charge is 0.232 e. The second kappa shape index (κ2) is 7.38. The van der Waals surface area contributed by atoms with Crippen molar-refractivity contribution < 1.29 is 9.53 Å². The fourth-order valence-corrected chi connectivity index (χ4v) is 3.35. The van der Waals surface area contributed by atoms with Gasteiger partial charge in [-0.2, -0.15) is 11.3 Å². The highest BCUT2D eigenvalue weighted by atomic mass is 32.2. The first-order valence-electron chi connectivity index (χ1n) is 6.41. The van der Waals surface area contributed by atoms with Gasteiger partial charge in [0.05, 0.1) is 12.9 Å². The molecule has 0 aliphatic carbocycles. The standard InChI is InChI=1S/C15H18N2O2S2/c1-17(8-11-5-6-20-9-11)15(18)10-21-14-7-12(19-2)3-4-13(14)16/h3-7,9H,8,10,16H2,1-2H3. The Bertz CT molecular complexity index is 600. The van der Waals surface area contributed by atoms with E-state index in [0.717, 1.165) is 16.2 Å². The van der Waals surface area contributed by atoms with Crippen molar-refractivity contribution in [3.63, 3.8) is 0 Å². The number of ether oxygens (including phenoxy) is 1. The average molecular weight is 322 g/mol. The van der Waals surface area contributed by atoms with E-state index in [9.17, 15) is 4.79 Å². The van der Waals surface area contributed by atoms with Crippen LogP contribution < -0.4 is 10.5 Å². The molecular weight excluding hydrogens is 304 g/mol. The summed E-state index contributed by atoms with van der Waals surface area (Å²) in [6.45, 7) is 0.635. The van der Waals surface area contributed by atoms with E-state index in [1.165, 1.54) is 11.8 Å². The van der Waals surface area contributed by atoms with E-state index in [1.807, 2.05) is 30.6 Å². The minimum atomic E-state index is 0.0772. The number of benzene rings is 1. The Morgan fingerprint density at radius 1 is 1.43 bits per heavy atom. The summed E-state index contributed by atoms with van der Waals surface area (Å²) in [6.07, 6.45) is 0. The van der Waals surface area contributed by atoms with Crippen LogP contribution in [-0.2, 0) is 11.3 Å². The Labute approximate surface area is 132 Å². The molecule has 0 saturated heterocycles. The first kappa shape index (κ1) is 15.7. The number of rotatable bonds is 6. The van der Waals surface area contributed by atoms with Crippen LogP contribution in [0.5, 0.6) is 5.75 Å². The Morgan fingerprint density at radius 2 is 2.24 bits per heavy atom. The molecule has 1 amide bonds. The second-order valence-electron chi connectivity index (χ2n) is 4.57. The molecule has 112 valence electrons. The van der Waals surface area contributed by atoms with Gasteiger partial charge in [0.2, 0.25) is 5.91 Å². The van der Waals surface area contributed by atoms with E-state index >= 15 is 0 Å². The molecule has 0 bridgehead atoms. The molecule has 0 spiro atoms. The number of nitrogens with two attached hydrogens (primary N) is 1. The van der Waals surface area contributed by atoms with Gasteiger partial charge < -0.3 is 15.4 Å². The average Bonchev–Trinajstić information content (AvgIpc) is 2.99. The lowest BCUT2D eigenvalue weighted by Crippen LogP contribution is -2.27. The highest BCUT2D eigenvalue weighted by Gasteiger charge is 2.11. The first-order chi connectivity index (χ1) is 10.1. The lowest BCUT2D eigenvalue weighted by atomic mass is 10.3. The molecule has 4 nitrogen and oxygen atoms in total. The van der Waals surface area contributed by atoms with E-state index in [1.54, 1.807) is 29.4 Å². The van der Waals surface area contributed by atoms with Crippen LogP contribution in [0.4, 0.5) is 5.69 Å². The molecule has 0 unspecified atom stereocenters. The monoisotopic (exact) mass is 322 g/mol. The third-order valence-electron chi connectivity index (χ3n) is 3.00. The summed E-state index contributed by atoms with van der Waals surface area (Å²) in [5.74, 6) is 1.18. The summed E-state index contributed by atoms with van der Waals surface area (Å²) in [6, 6.07) is 7.48.